The lowest BCUT2D eigenvalue weighted by Crippen LogP contribution is -2.43. The van der Waals surface area contributed by atoms with E-state index in [0.717, 1.165) is 38.8 Å². The number of nitrogens with one attached hydrogen (secondary N) is 1. The predicted molar refractivity (Wildman–Crippen MR) is 112 cm³/mol. The van der Waals surface area contributed by atoms with Crippen molar-refractivity contribution in [2.24, 2.45) is 5.92 Å². The average Bonchev–Trinajstić information content (AvgIpc) is 2.70. The van der Waals surface area contributed by atoms with Gasteiger partial charge in [0.15, 0.2) is 0 Å². The van der Waals surface area contributed by atoms with Gasteiger partial charge in [0.2, 0.25) is 5.91 Å². The van der Waals surface area contributed by atoms with E-state index in [9.17, 15) is 9.18 Å². The molecule has 0 aromatic heterocycles. The monoisotopic (exact) mass is 402 g/mol. The first-order chi connectivity index (χ1) is 13.5. The van der Waals surface area contributed by atoms with Gasteiger partial charge in [-0.05, 0) is 63.4 Å². The van der Waals surface area contributed by atoms with Gasteiger partial charge in [0, 0.05) is 29.1 Å². The second kappa shape index (κ2) is 10.0. The van der Waals surface area contributed by atoms with E-state index in [1.807, 2.05) is 18.2 Å². The normalized spacial score (nSPS) is 16.7. The summed E-state index contributed by atoms with van der Waals surface area (Å²) in [6.07, 6.45) is 3.48. The van der Waals surface area contributed by atoms with Gasteiger partial charge in [0.1, 0.15) is 5.82 Å². The Bertz CT molecular complexity index is 755. The van der Waals surface area contributed by atoms with Gasteiger partial charge in [0.25, 0.3) is 0 Å². The minimum atomic E-state index is -0.264. The topological polar surface area (TPSA) is 32.3 Å². The number of benzene rings is 2. The van der Waals surface area contributed by atoms with Crippen molar-refractivity contribution in [3.8, 4) is 0 Å². The second-order valence-corrected chi connectivity index (χ2v) is 8.09. The van der Waals surface area contributed by atoms with Gasteiger partial charge in [-0.2, -0.15) is 0 Å². The summed E-state index contributed by atoms with van der Waals surface area (Å²) in [5.41, 5.74) is 1.84. The quantitative estimate of drug-likeness (QED) is 0.719. The molecule has 0 bridgehead atoms. The third kappa shape index (κ3) is 5.79. The van der Waals surface area contributed by atoms with Crippen LogP contribution in [-0.4, -0.2) is 29.9 Å². The Morgan fingerprint density at radius 2 is 1.89 bits per heavy atom. The lowest BCUT2D eigenvalue weighted by molar-refractivity contribution is -0.127. The Kier molecular flexibility index (Phi) is 7.46. The number of halogens is 2. The van der Waals surface area contributed by atoms with Crippen LogP contribution in [-0.2, 0) is 17.8 Å². The number of hydrogen-bond donors (Lipinski definition) is 1. The van der Waals surface area contributed by atoms with Crippen molar-refractivity contribution in [2.75, 3.05) is 13.1 Å². The fourth-order valence-electron chi connectivity index (χ4n) is 3.72. The van der Waals surface area contributed by atoms with Crippen LogP contribution in [0.15, 0.2) is 48.5 Å². The average molecular weight is 403 g/mol. The maximum Gasteiger partial charge on any atom is 0.223 e. The molecule has 0 spiro atoms. The zero-order chi connectivity index (χ0) is 19.9. The molecule has 3 rings (SSSR count). The van der Waals surface area contributed by atoms with E-state index in [-0.39, 0.29) is 23.7 Å². The van der Waals surface area contributed by atoms with E-state index in [1.165, 1.54) is 11.6 Å². The highest BCUT2D eigenvalue weighted by Gasteiger charge is 2.26. The first-order valence-electron chi connectivity index (χ1n) is 10.0. The fraction of sp³-hybridized carbons (Fsp3) is 0.435. The van der Waals surface area contributed by atoms with Crippen LogP contribution in [0.1, 0.15) is 37.3 Å². The Morgan fingerprint density at radius 3 is 2.57 bits per heavy atom. The van der Waals surface area contributed by atoms with E-state index in [2.05, 4.69) is 29.3 Å². The molecule has 2 aromatic rings. The molecule has 1 atom stereocenters. The summed E-state index contributed by atoms with van der Waals surface area (Å²) in [4.78, 5) is 14.8. The molecule has 0 saturated carbocycles. The largest absolute Gasteiger partial charge is 0.353 e. The zero-order valence-corrected chi connectivity index (χ0v) is 17.1. The van der Waals surface area contributed by atoms with Crippen molar-refractivity contribution in [1.29, 1.82) is 0 Å². The molecule has 1 amide bonds. The van der Waals surface area contributed by atoms with Crippen molar-refractivity contribution in [3.63, 3.8) is 0 Å². The first kappa shape index (κ1) is 20.8. The molecule has 1 aliphatic heterocycles. The van der Waals surface area contributed by atoms with Crippen LogP contribution in [0.3, 0.4) is 0 Å². The minimum Gasteiger partial charge on any atom is -0.353 e. The number of rotatable bonds is 7. The SMILES string of the molecule is C[C@H](CCc1ccccc1)NC(=O)C1CCN(Cc2c(F)cccc2Cl)CC1. The Balaban J connectivity index is 1.42. The highest BCUT2D eigenvalue weighted by molar-refractivity contribution is 6.31. The molecule has 1 N–H and O–H groups in total. The molecule has 1 fully saturated rings. The summed E-state index contributed by atoms with van der Waals surface area (Å²) < 4.78 is 14.0. The second-order valence-electron chi connectivity index (χ2n) is 7.68. The molecule has 150 valence electrons. The van der Waals surface area contributed by atoms with E-state index >= 15 is 0 Å². The van der Waals surface area contributed by atoms with Gasteiger partial charge < -0.3 is 5.32 Å². The third-order valence-electron chi connectivity index (χ3n) is 5.50. The van der Waals surface area contributed by atoms with Crippen molar-refractivity contribution >= 4 is 17.5 Å². The molecule has 1 heterocycles. The number of aryl methyl sites for hydroxylation is 1. The molecular formula is C23H28ClFN2O. The van der Waals surface area contributed by atoms with Crippen molar-refractivity contribution in [3.05, 3.63) is 70.5 Å². The lowest BCUT2D eigenvalue weighted by atomic mass is 9.95. The number of likely N-dealkylation sites (tertiary alicyclic amines) is 1. The third-order valence-corrected chi connectivity index (χ3v) is 5.85. The number of carbonyl (C=O) groups excluding carboxylic acids is 1. The molecule has 2 aromatic carbocycles. The molecule has 0 aliphatic carbocycles. The molecule has 0 unspecified atom stereocenters. The molecule has 28 heavy (non-hydrogen) atoms. The highest BCUT2D eigenvalue weighted by atomic mass is 35.5. The number of piperidine rings is 1. The Hall–Kier alpha value is -1.91. The van der Waals surface area contributed by atoms with Gasteiger partial charge in [0.05, 0.1) is 0 Å². The van der Waals surface area contributed by atoms with Gasteiger partial charge in [-0.15, -0.1) is 0 Å². The summed E-state index contributed by atoms with van der Waals surface area (Å²) in [5.74, 6) is -0.0877. The Morgan fingerprint density at radius 1 is 1.18 bits per heavy atom. The maximum atomic E-state index is 14.0. The smallest absolute Gasteiger partial charge is 0.223 e. The van der Waals surface area contributed by atoms with Gasteiger partial charge in [-0.1, -0.05) is 48.0 Å². The Labute approximate surface area is 171 Å². The standard InChI is InChI=1S/C23H28ClFN2O/c1-17(10-11-18-6-3-2-4-7-18)26-23(28)19-12-14-27(15-13-19)16-20-21(24)8-5-9-22(20)25/h2-9,17,19H,10-16H2,1H3,(H,26,28)/t17-/m1/s1. The summed E-state index contributed by atoms with van der Waals surface area (Å²) in [6.45, 7) is 4.12. The van der Waals surface area contributed by atoms with Crippen LogP contribution in [0.5, 0.6) is 0 Å². The summed E-state index contributed by atoms with van der Waals surface area (Å²) in [5, 5.41) is 3.63. The van der Waals surface area contributed by atoms with Gasteiger partial charge in [-0.25, -0.2) is 4.39 Å². The molecule has 0 radical (unpaired) electrons. The number of hydrogen-bond acceptors (Lipinski definition) is 2. The van der Waals surface area contributed by atoms with Gasteiger partial charge >= 0.3 is 0 Å². The van der Waals surface area contributed by atoms with Gasteiger partial charge in [-0.3, -0.25) is 9.69 Å². The van der Waals surface area contributed by atoms with E-state index in [0.29, 0.717) is 17.1 Å². The van der Waals surface area contributed by atoms with Crippen molar-refractivity contribution in [1.82, 2.24) is 10.2 Å². The molecule has 1 aliphatic rings. The minimum absolute atomic E-state index is 0.0338. The van der Waals surface area contributed by atoms with Crippen LogP contribution >= 0.6 is 11.6 Å². The molecule has 5 heteroatoms. The molecular weight excluding hydrogens is 375 g/mol. The van der Waals surface area contributed by atoms with Crippen molar-refractivity contribution < 1.29 is 9.18 Å². The summed E-state index contributed by atoms with van der Waals surface area (Å²) in [6, 6.07) is 15.3. The van der Waals surface area contributed by atoms with Crippen LogP contribution in [0.4, 0.5) is 4.39 Å². The van der Waals surface area contributed by atoms with E-state index in [1.54, 1.807) is 12.1 Å². The predicted octanol–water partition coefficient (Wildman–Crippen LogP) is 4.83. The zero-order valence-electron chi connectivity index (χ0n) is 16.3. The number of nitrogens with zero attached hydrogens (tertiary/aromatic N) is 1. The lowest BCUT2D eigenvalue weighted by Gasteiger charge is -2.32. The molecule has 1 saturated heterocycles. The fourth-order valence-corrected chi connectivity index (χ4v) is 3.94. The molecule has 3 nitrogen and oxygen atoms in total. The summed E-state index contributed by atoms with van der Waals surface area (Å²) >= 11 is 6.13. The first-order valence-corrected chi connectivity index (χ1v) is 10.4. The van der Waals surface area contributed by atoms with E-state index < -0.39 is 0 Å². The number of carbonyl (C=O) groups is 1. The highest BCUT2D eigenvalue weighted by Crippen LogP contribution is 2.24. The van der Waals surface area contributed by atoms with E-state index in [4.69, 9.17) is 11.6 Å². The maximum absolute atomic E-state index is 14.0. The van der Waals surface area contributed by atoms with Crippen molar-refractivity contribution in [2.45, 2.75) is 45.2 Å². The van der Waals surface area contributed by atoms with Crippen LogP contribution in [0, 0.1) is 11.7 Å². The van der Waals surface area contributed by atoms with Crippen LogP contribution in [0.25, 0.3) is 0 Å². The number of amides is 1. The summed E-state index contributed by atoms with van der Waals surface area (Å²) in [7, 11) is 0. The van der Waals surface area contributed by atoms with Crippen LogP contribution in [0.2, 0.25) is 5.02 Å². The van der Waals surface area contributed by atoms with Crippen LogP contribution < -0.4 is 5.32 Å².